The molecule has 1 N–H and O–H groups in total. The molecule has 2 amide bonds. The van der Waals surface area contributed by atoms with Crippen LogP contribution in [0.2, 0.25) is 0 Å². The summed E-state index contributed by atoms with van der Waals surface area (Å²) >= 11 is 0. The number of para-hydroxylation sites is 1. The number of amides is 2. The lowest BCUT2D eigenvalue weighted by molar-refractivity contribution is -0.139. The summed E-state index contributed by atoms with van der Waals surface area (Å²) in [5.41, 5.74) is 0.867. The van der Waals surface area contributed by atoms with E-state index in [0.717, 1.165) is 10.6 Å². The van der Waals surface area contributed by atoms with Crippen molar-refractivity contribution in [2.45, 2.75) is 45.8 Å². The quantitative estimate of drug-likeness (QED) is 0.349. The predicted octanol–water partition coefficient (Wildman–Crippen LogP) is 4.72. The van der Waals surface area contributed by atoms with Gasteiger partial charge in [-0.25, -0.2) is 12.8 Å². The first-order valence-corrected chi connectivity index (χ1v) is 14.5. The van der Waals surface area contributed by atoms with E-state index in [2.05, 4.69) is 5.32 Å². The van der Waals surface area contributed by atoms with Crippen LogP contribution in [0.25, 0.3) is 0 Å². The summed E-state index contributed by atoms with van der Waals surface area (Å²) in [4.78, 5) is 27.8. The molecular weight excluding hydrogens is 521 g/mol. The number of hydrogen-bond acceptors (Lipinski definition) is 5. The summed E-state index contributed by atoms with van der Waals surface area (Å²) in [6, 6.07) is 20.0. The highest BCUT2D eigenvalue weighted by molar-refractivity contribution is 7.92. The van der Waals surface area contributed by atoms with Crippen molar-refractivity contribution in [1.29, 1.82) is 0 Å². The number of anilines is 1. The molecule has 0 aromatic heterocycles. The normalized spacial score (nSPS) is 12.7. The summed E-state index contributed by atoms with van der Waals surface area (Å²) in [6.07, 6.45) is 1.72. The van der Waals surface area contributed by atoms with Crippen LogP contribution >= 0.6 is 0 Å². The topological polar surface area (TPSA) is 96.0 Å². The van der Waals surface area contributed by atoms with Gasteiger partial charge in [0.25, 0.3) is 0 Å². The number of nitrogens with one attached hydrogen (secondary N) is 1. The predicted molar refractivity (Wildman–Crippen MR) is 149 cm³/mol. The Morgan fingerprint density at radius 2 is 1.51 bits per heavy atom. The van der Waals surface area contributed by atoms with E-state index in [1.807, 2.05) is 32.0 Å². The number of carbonyl (C=O) groups excluding carboxylic acids is 2. The Balaban J connectivity index is 1.85. The van der Waals surface area contributed by atoms with E-state index in [-0.39, 0.29) is 24.2 Å². The van der Waals surface area contributed by atoms with Gasteiger partial charge in [-0.1, -0.05) is 37.3 Å². The minimum Gasteiger partial charge on any atom is -0.457 e. The van der Waals surface area contributed by atoms with Crippen LogP contribution in [0.5, 0.6) is 11.5 Å². The number of carbonyl (C=O) groups is 2. The van der Waals surface area contributed by atoms with Crippen molar-refractivity contribution in [3.63, 3.8) is 0 Å². The van der Waals surface area contributed by atoms with E-state index in [1.54, 1.807) is 43.3 Å². The lowest BCUT2D eigenvalue weighted by Gasteiger charge is -2.32. The molecule has 0 radical (unpaired) electrons. The number of rotatable bonds is 12. The van der Waals surface area contributed by atoms with E-state index in [1.165, 1.54) is 29.2 Å². The molecule has 0 saturated carbocycles. The lowest BCUT2D eigenvalue weighted by Crippen LogP contribution is -2.52. The molecular formula is C29H34FN3O5S. The highest BCUT2D eigenvalue weighted by atomic mass is 32.2. The maximum absolute atomic E-state index is 13.6. The third-order valence-corrected chi connectivity index (χ3v) is 7.36. The molecule has 3 aromatic rings. The molecule has 208 valence electrons. The molecule has 39 heavy (non-hydrogen) atoms. The molecule has 10 heteroatoms. The average Bonchev–Trinajstić information content (AvgIpc) is 2.91. The minimum atomic E-state index is -3.87. The fraction of sp³-hybridized carbons (Fsp3) is 0.310. The smallest absolute Gasteiger partial charge is 0.244 e. The van der Waals surface area contributed by atoms with Gasteiger partial charge >= 0.3 is 0 Å². The fourth-order valence-electron chi connectivity index (χ4n) is 3.75. The second kappa shape index (κ2) is 13.2. The van der Waals surface area contributed by atoms with Crippen LogP contribution < -0.4 is 14.4 Å². The van der Waals surface area contributed by atoms with Crippen molar-refractivity contribution in [3.05, 3.63) is 90.2 Å². The summed E-state index contributed by atoms with van der Waals surface area (Å²) in [6.45, 7) is 4.83. The van der Waals surface area contributed by atoms with Gasteiger partial charge in [0.2, 0.25) is 21.8 Å². The van der Waals surface area contributed by atoms with Crippen LogP contribution in [0.3, 0.4) is 0 Å². The van der Waals surface area contributed by atoms with Crippen LogP contribution in [0.4, 0.5) is 10.1 Å². The number of halogens is 1. The van der Waals surface area contributed by atoms with Crippen molar-refractivity contribution in [2.24, 2.45) is 0 Å². The zero-order chi connectivity index (χ0) is 28.6. The van der Waals surface area contributed by atoms with Gasteiger partial charge in [-0.05, 0) is 74.4 Å². The van der Waals surface area contributed by atoms with E-state index in [4.69, 9.17) is 4.74 Å². The monoisotopic (exact) mass is 555 g/mol. The summed E-state index contributed by atoms with van der Waals surface area (Å²) in [5, 5.41) is 2.86. The van der Waals surface area contributed by atoms with Crippen LogP contribution in [0, 0.1) is 5.82 Å². The van der Waals surface area contributed by atoms with Gasteiger partial charge in [0.05, 0.1) is 11.9 Å². The Morgan fingerprint density at radius 3 is 2.08 bits per heavy atom. The Morgan fingerprint density at radius 1 is 0.923 bits per heavy atom. The maximum Gasteiger partial charge on any atom is 0.244 e. The zero-order valence-electron chi connectivity index (χ0n) is 22.5. The number of sulfonamides is 1. The van der Waals surface area contributed by atoms with Crippen molar-refractivity contribution in [3.8, 4) is 11.5 Å². The third kappa shape index (κ3) is 8.54. The fourth-order valence-corrected chi connectivity index (χ4v) is 4.60. The average molecular weight is 556 g/mol. The Kier molecular flexibility index (Phi) is 10.1. The molecule has 0 aliphatic rings. The molecule has 2 atom stereocenters. The lowest BCUT2D eigenvalue weighted by atomic mass is 10.1. The second-order valence-electron chi connectivity index (χ2n) is 9.32. The summed E-state index contributed by atoms with van der Waals surface area (Å²) < 4.78 is 45.7. The molecule has 0 fully saturated rings. The van der Waals surface area contributed by atoms with Crippen molar-refractivity contribution >= 4 is 27.5 Å². The number of nitrogens with zero attached hydrogens (tertiary/aromatic N) is 2. The number of benzene rings is 3. The Labute approximate surface area is 229 Å². The van der Waals surface area contributed by atoms with Gasteiger partial charge in [0.1, 0.15) is 29.9 Å². The largest absolute Gasteiger partial charge is 0.457 e. The molecule has 3 rings (SSSR count). The standard InChI is InChI=1S/C29H34FN3O5S/c1-5-21(2)31-29(35)22(3)32(19-23-11-13-24(30)14-12-23)28(34)20-33(39(4,36)37)25-15-17-27(18-16-25)38-26-9-7-6-8-10-26/h6-18,21-22H,5,19-20H2,1-4H3,(H,31,35)/t21-,22+/m0/s1. The molecule has 0 aliphatic heterocycles. The highest BCUT2D eigenvalue weighted by Crippen LogP contribution is 2.26. The van der Waals surface area contributed by atoms with Gasteiger partial charge in [0.15, 0.2) is 0 Å². The van der Waals surface area contributed by atoms with Crippen molar-refractivity contribution < 1.29 is 27.1 Å². The molecule has 0 spiro atoms. The Hall–Kier alpha value is -3.92. The van der Waals surface area contributed by atoms with E-state index in [9.17, 15) is 22.4 Å². The summed E-state index contributed by atoms with van der Waals surface area (Å²) in [7, 11) is -3.87. The van der Waals surface area contributed by atoms with E-state index < -0.39 is 34.3 Å². The van der Waals surface area contributed by atoms with E-state index >= 15 is 0 Å². The number of ether oxygens (including phenoxy) is 1. The minimum absolute atomic E-state index is 0.00430. The van der Waals surface area contributed by atoms with Gasteiger partial charge in [-0.2, -0.15) is 0 Å². The first kappa shape index (κ1) is 29.6. The second-order valence-corrected chi connectivity index (χ2v) is 11.2. The Bertz CT molecular complexity index is 1350. The van der Waals surface area contributed by atoms with Gasteiger partial charge < -0.3 is 15.0 Å². The van der Waals surface area contributed by atoms with Gasteiger partial charge in [-0.3, -0.25) is 13.9 Å². The molecule has 0 saturated heterocycles. The SMILES string of the molecule is CC[C@H](C)NC(=O)[C@@H](C)N(Cc1ccc(F)cc1)C(=O)CN(c1ccc(Oc2ccccc2)cc1)S(C)(=O)=O. The van der Waals surface area contributed by atoms with Gasteiger partial charge in [-0.15, -0.1) is 0 Å². The molecule has 0 bridgehead atoms. The van der Waals surface area contributed by atoms with Gasteiger partial charge in [0, 0.05) is 12.6 Å². The van der Waals surface area contributed by atoms with Crippen LogP contribution in [0.15, 0.2) is 78.9 Å². The molecule has 3 aromatic carbocycles. The molecule has 0 aliphatic carbocycles. The van der Waals surface area contributed by atoms with Crippen LogP contribution in [-0.4, -0.2) is 50.0 Å². The van der Waals surface area contributed by atoms with Crippen molar-refractivity contribution in [1.82, 2.24) is 10.2 Å². The maximum atomic E-state index is 13.6. The molecule has 8 nitrogen and oxygen atoms in total. The first-order valence-electron chi connectivity index (χ1n) is 12.6. The number of hydrogen-bond donors (Lipinski definition) is 1. The summed E-state index contributed by atoms with van der Waals surface area (Å²) in [5.74, 6) is -0.254. The first-order chi connectivity index (χ1) is 18.5. The van der Waals surface area contributed by atoms with Crippen molar-refractivity contribution in [2.75, 3.05) is 17.1 Å². The third-order valence-electron chi connectivity index (χ3n) is 6.22. The molecule has 0 heterocycles. The van der Waals surface area contributed by atoms with Crippen LogP contribution in [0.1, 0.15) is 32.8 Å². The molecule has 0 unspecified atom stereocenters. The van der Waals surface area contributed by atoms with Crippen LogP contribution in [-0.2, 0) is 26.2 Å². The zero-order valence-corrected chi connectivity index (χ0v) is 23.3. The highest BCUT2D eigenvalue weighted by Gasteiger charge is 2.30. The van der Waals surface area contributed by atoms with E-state index in [0.29, 0.717) is 23.5 Å².